The van der Waals surface area contributed by atoms with Gasteiger partial charge in [-0.1, -0.05) is 13.8 Å². The molecule has 0 atom stereocenters. The van der Waals surface area contributed by atoms with Crippen molar-refractivity contribution >= 4 is 22.6 Å². The highest BCUT2D eigenvalue weighted by Crippen LogP contribution is 2.27. The number of hydrogen-bond acceptors (Lipinski definition) is 6. The molecule has 0 unspecified atom stereocenters. The number of anilines is 1. The standard InChI is InChI=1S/C24H30N4O4/c1-6-25-22-12-21-18(13-26-22)11-20(24(30)28(21)7-2)16-8-17(10-19(9-16)31-5)23(29)27-32-14-15(3)4/h8-13,15H,6-7,14H2,1-5H3,(H,25,26)(H,27,29). The number of carbonyl (C=O) groups is 1. The Kier molecular flexibility index (Phi) is 7.48. The van der Waals surface area contributed by atoms with Crippen molar-refractivity contribution in [1.29, 1.82) is 0 Å². The zero-order chi connectivity index (χ0) is 23.3. The third kappa shape index (κ3) is 5.08. The highest BCUT2D eigenvalue weighted by Gasteiger charge is 2.16. The molecule has 3 rings (SSSR count). The van der Waals surface area contributed by atoms with Crippen molar-refractivity contribution in [2.24, 2.45) is 5.92 Å². The first kappa shape index (κ1) is 23.3. The summed E-state index contributed by atoms with van der Waals surface area (Å²) in [6.07, 6.45) is 1.75. The molecule has 0 aliphatic heterocycles. The third-order valence-corrected chi connectivity index (χ3v) is 4.95. The zero-order valence-electron chi connectivity index (χ0n) is 19.2. The number of methoxy groups -OCH3 is 1. The Labute approximate surface area is 187 Å². The molecule has 0 radical (unpaired) electrons. The number of rotatable bonds is 9. The van der Waals surface area contributed by atoms with E-state index in [1.54, 1.807) is 35.0 Å². The molecular formula is C24H30N4O4. The fourth-order valence-electron chi connectivity index (χ4n) is 3.41. The number of amides is 1. The predicted octanol–water partition coefficient (Wildman–Crippen LogP) is 3.84. The minimum Gasteiger partial charge on any atom is -0.497 e. The van der Waals surface area contributed by atoms with Crippen LogP contribution in [-0.2, 0) is 11.4 Å². The minimum absolute atomic E-state index is 0.149. The van der Waals surface area contributed by atoms with Gasteiger partial charge in [-0.15, -0.1) is 0 Å². The van der Waals surface area contributed by atoms with Crippen molar-refractivity contribution in [3.8, 4) is 16.9 Å². The molecule has 2 aromatic heterocycles. The molecule has 3 aromatic rings. The van der Waals surface area contributed by atoms with Crippen LogP contribution in [0.25, 0.3) is 22.0 Å². The van der Waals surface area contributed by atoms with Gasteiger partial charge in [0.15, 0.2) is 0 Å². The van der Waals surface area contributed by atoms with Gasteiger partial charge in [0.1, 0.15) is 11.6 Å². The van der Waals surface area contributed by atoms with Crippen molar-refractivity contribution in [2.45, 2.75) is 34.2 Å². The molecule has 0 aliphatic rings. The molecule has 0 saturated heterocycles. The number of aromatic nitrogens is 2. The maximum absolute atomic E-state index is 13.4. The van der Waals surface area contributed by atoms with Crippen LogP contribution in [0.4, 0.5) is 5.82 Å². The second-order valence-corrected chi connectivity index (χ2v) is 7.85. The number of nitrogens with zero attached hydrogens (tertiary/aromatic N) is 2. The second kappa shape index (κ2) is 10.3. The largest absolute Gasteiger partial charge is 0.497 e. The lowest BCUT2D eigenvalue weighted by Crippen LogP contribution is -2.26. The SMILES string of the molecule is CCNc1cc2c(cn1)cc(-c1cc(OC)cc(C(=O)NOCC(C)C)c1)c(=O)n2CC. The molecular weight excluding hydrogens is 408 g/mol. The molecule has 32 heavy (non-hydrogen) atoms. The fourth-order valence-corrected chi connectivity index (χ4v) is 3.41. The van der Waals surface area contributed by atoms with Crippen LogP contribution in [-0.4, -0.2) is 35.7 Å². The molecule has 0 spiro atoms. The number of carbonyl (C=O) groups excluding carboxylic acids is 1. The maximum Gasteiger partial charge on any atom is 0.274 e. The van der Waals surface area contributed by atoms with Crippen LogP contribution >= 0.6 is 0 Å². The normalized spacial score (nSPS) is 11.1. The van der Waals surface area contributed by atoms with Gasteiger partial charge in [-0.05, 0) is 49.6 Å². The summed E-state index contributed by atoms with van der Waals surface area (Å²) in [5.41, 5.74) is 4.49. The van der Waals surface area contributed by atoms with E-state index < -0.39 is 5.91 Å². The molecule has 1 aromatic carbocycles. The quantitative estimate of drug-likeness (QED) is 0.493. The van der Waals surface area contributed by atoms with E-state index >= 15 is 0 Å². The van der Waals surface area contributed by atoms with E-state index in [9.17, 15) is 9.59 Å². The first-order valence-corrected chi connectivity index (χ1v) is 10.8. The lowest BCUT2D eigenvalue weighted by Gasteiger charge is -2.14. The Morgan fingerprint density at radius 3 is 2.59 bits per heavy atom. The average molecular weight is 439 g/mol. The molecule has 8 nitrogen and oxygen atoms in total. The molecule has 8 heteroatoms. The number of fused-ring (bicyclic) bond motifs is 1. The van der Waals surface area contributed by atoms with E-state index in [0.29, 0.717) is 35.6 Å². The molecule has 1 amide bonds. The Hall–Kier alpha value is -3.39. The van der Waals surface area contributed by atoms with Crippen LogP contribution in [0.5, 0.6) is 5.75 Å². The summed E-state index contributed by atoms with van der Waals surface area (Å²) >= 11 is 0. The Morgan fingerprint density at radius 1 is 1.16 bits per heavy atom. The summed E-state index contributed by atoms with van der Waals surface area (Å²) in [6.45, 7) is 9.54. The fraction of sp³-hybridized carbons (Fsp3) is 0.375. The second-order valence-electron chi connectivity index (χ2n) is 7.85. The van der Waals surface area contributed by atoms with Crippen LogP contribution in [0, 0.1) is 5.92 Å². The number of aryl methyl sites for hydroxylation is 1. The molecule has 0 saturated carbocycles. The molecule has 170 valence electrons. The minimum atomic E-state index is -0.403. The van der Waals surface area contributed by atoms with Crippen LogP contribution in [0.1, 0.15) is 38.1 Å². The van der Waals surface area contributed by atoms with Crippen LogP contribution < -0.4 is 21.1 Å². The summed E-state index contributed by atoms with van der Waals surface area (Å²) < 4.78 is 7.09. The van der Waals surface area contributed by atoms with Gasteiger partial charge in [-0.25, -0.2) is 10.5 Å². The Bertz CT molecular complexity index is 1170. The molecule has 2 N–H and O–H groups in total. The average Bonchev–Trinajstić information content (AvgIpc) is 2.78. The lowest BCUT2D eigenvalue weighted by atomic mass is 10.0. The van der Waals surface area contributed by atoms with E-state index in [-0.39, 0.29) is 11.5 Å². The van der Waals surface area contributed by atoms with Gasteiger partial charge in [-0.3, -0.25) is 14.4 Å². The van der Waals surface area contributed by atoms with E-state index in [2.05, 4.69) is 15.8 Å². The van der Waals surface area contributed by atoms with Crippen molar-refractivity contribution < 1.29 is 14.4 Å². The van der Waals surface area contributed by atoms with Gasteiger partial charge in [-0.2, -0.15) is 0 Å². The van der Waals surface area contributed by atoms with Gasteiger partial charge in [0, 0.05) is 41.9 Å². The van der Waals surface area contributed by atoms with Crippen molar-refractivity contribution in [3.63, 3.8) is 0 Å². The summed E-state index contributed by atoms with van der Waals surface area (Å²) in [4.78, 5) is 35.7. The number of hydroxylamine groups is 1. The number of ether oxygens (including phenoxy) is 1. The third-order valence-electron chi connectivity index (χ3n) is 4.95. The van der Waals surface area contributed by atoms with E-state index in [1.807, 2.05) is 33.8 Å². The van der Waals surface area contributed by atoms with Crippen molar-refractivity contribution in [3.05, 3.63) is 52.4 Å². The number of hydrogen-bond donors (Lipinski definition) is 2. The summed E-state index contributed by atoms with van der Waals surface area (Å²) in [5, 5.41) is 4.01. The molecule has 2 heterocycles. The summed E-state index contributed by atoms with van der Waals surface area (Å²) in [5.74, 6) is 1.07. The first-order valence-electron chi connectivity index (χ1n) is 10.8. The lowest BCUT2D eigenvalue weighted by molar-refractivity contribution is 0.0208. The summed E-state index contributed by atoms with van der Waals surface area (Å²) in [6, 6.07) is 8.71. The summed E-state index contributed by atoms with van der Waals surface area (Å²) in [7, 11) is 1.52. The smallest absolute Gasteiger partial charge is 0.274 e. The van der Waals surface area contributed by atoms with Crippen molar-refractivity contribution in [2.75, 3.05) is 25.6 Å². The van der Waals surface area contributed by atoms with E-state index in [1.165, 1.54) is 7.11 Å². The van der Waals surface area contributed by atoms with Crippen LogP contribution in [0.3, 0.4) is 0 Å². The maximum atomic E-state index is 13.4. The Morgan fingerprint density at radius 2 is 1.94 bits per heavy atom. The molecule has 0 bridgehead atoms. The number of benzene rings is 1. The number of pyridine rings is 2. The van der Waals surface area contributed by atoms with Gasteiger partial charge in [0.2, 0.25) is 0 Å². The van der Waals surface area contributed by atoms with Crippen LogP contribution in [0.15, 0.2) is 41.3 Å². The Balaban J connectivity index is 2.09. The highest BCUT2D eigenvalue weighted by atomic mass is 16.6. The van der Waals surface area contributed by atoms with Crippen LogP contribution in [0.2, 0.25) is 0 Å². The van der Waals surface area contributed by atoms with E-state index in [4.69, 9.17) is 9.57 Å². The topological polar surface area (TPSA) is 94.5 Å². The number of nitrogens with one attached hydrogen (secondary N) is 2. The van der Waals surface area contributed by atoms with Gasteiger partial charge in [0.25, 0.3) is 11.5 Å². The monoisotopic (exact) mass is 438 g/mol. The molecule has 0 fully saturated rings. The van der Waals surface area contributed by atoms with Crippen molar-refractivity contribution in [1.82, 2.24) is 15.0 Å². The highest BCUT2D eigenvalue weighted by molar-refractivity contribution is 5.96. The first-order chi connectivity index (χ1) is 15.4. The van der Waals surface area contributed by atoms with Gasteiger partial charge in [0.05, 0.1) is 19.2 Å². The predicted molar refractivity (Wildman–Crippen MR) is 126 cm³/mol. The van der Waals surface area contributed by atoms with Gasteiger partial charge >= 0.3 is 0 Å². The molecule has 0 aliphatic carbocycles. The van der Waals surface area contributed by atoms with Gasteiger partial charge < -0.3 is 14.6 Å². The van der Waals surface area contributed by atoms with E-state index in [0.717, 1.165) is 23.3 Å². The zero-order valence-corrected chi connectivity index (χ0v) is 19.2.